The Morgan fingerprint density at radius 1 is 0.812 bits per heavy atom. The van der Waals surface area contributed by atoms with Gasteiger partial charge in [-0.15, -0.1) is 0 Å². The van der Waals surface area contributed by atoms with E-state index >= 15 is 0 Å². The summed E-state index contributed by atoms with van der Waals surface area (Å²) in [6, 6.07) is 20.6. The maximum absolute atomic E-state index is 4.41. The van der Waals surface area contributed by atoms with E-state index in [0.29, 0.717) is 0 Å². The molecule has 2 rings (SSSR count). The zero-order valence-electron chi connectivity index (χ0n) is 9.21. The minimum absolute atomic E-state index is 0.846. The fourth-order valence-electron chi connectivity index (χ4n) is 1.55. The van der Waals surface area contributed by atoms with Gasteiger partial charge in [-0.25, -0.2) is 0 Å². The SMILES string of the molecule is C(=N\CCc1ccccc1)/c1ccccc1. The highest BCUT2D eigenvalue weighted by molar-refractivity contribution is 5.79. The molecular formula is C15H15N. The zero-order chi connectivity index (χ0) is 11.1. The van der Waals surface area contributed by atoms with Crippen molar-refractivity contribution in [3.8, 4) is 0 Å². The maximum Gasteiger partial charge on any atom is 0.0429 e. The zero-order valence-corrected chi connectivity index (χ0v) is 9.21. The lowest BCUT2D eigenvalue weighted by Crippen LogP contribution is -1.90. The van der Waals surface area contributed by atoms with Crippen LogP contribution in [0.1, 0.15) is 11.1 Å². The second kappa shape index (κ2) is 5.86. The molecule has 2 aromatic carbocycles. The number of rotatable bonds is 4. The molecule has 0 N–H and O–H groups in total. The van der Waals surface area contributed by atoms with Crippen molar-refractivity contribution in [3.63, 3.8) is 0 Å². The van der Waals surface area contributed by atoms with Crippen LogP contribution >= 0.6 is 0 Å². The normalized spacial score (nSPS) is 10.8. The molecule has 0 heterocycles. The van der Waals surface area contributed by atoms with E-state index in [4.69, 9.17) is 0 Å². The van der Waals surface area contributed by atoms with Gasteiger partial charge in [0.05, 0.1) is 0 Å². The molecule has 0 radical (unpaired) electrons. The Hall–Kier alpha value is -1.89. The molecule has 0 aliphatic heterocycles. The molecular weight excluding hydrogens is 194 g/mol. The number of hydrogen-bond acceptors (Lipinski definition) is 1. The van der Waals surface area contributed by atoms with Gasteiger partial charge >= 0.3 is 0 Å². The van der Waals surface area contributed by atoms with E-state index in [1.54, 1.807) is 0 Å². The van der Waals surface area contributed by atoms with Gasteiger partial charge in [0.25, 0.3) is 0 Å². The molecule has 0 aliphatic carbocycles. The van der Waals surface area contributed by atoms with E-state index in [0.717, 1.165) is 18.5 Å². The summed E-state index contributed by atoms with van der Waals surface area (Å²) >= 11 is 0. The van der Waals surface area contributed by atoms with Crippen molar-refractivity contribution < 1.29 is 0 Å². The van der Waals surface area contributed by atoms with Crippen LogP contribution in [0.2, 0.25) is 0 Å². The number of hydrogen-bond donors (Lipinski definition) is 0. The second-order valence-corrected chi connectivity index (χ2v) is 3.68. The summed E-state index contributed by atoms with van der Waals surface area (Å²) in [4.78, 5) is 4.41. The van der Waals surface area contributed by atoms with E-state index < -0.39 is 0 Å². The molecule has 0 saturated carbocycles. The van der Waals surface area contributed by atoms with Crippen LogP contribution < -0.4 is 0 Å². The molecule has 0 aromatic heterocycles. The average Bonchev–Trinajstić information content (AvgIpc) is 2.37. The molecule has 0 bridgehead atoms. The van der Waals surface area contributed by atoms with Gasteiger partial charge in [-0.05, 0) is 17.5 Å². The van der Waals surface area contributed by atoms with Crippen molar-refractivity contribution in [1.29, 1.82) is 0 Å². The van der Waals surface area contributed by atoms with Gasteiger partial charge in [0.2, 0.25) is 0 Å². The van der Waals surface area contributed by atoms with Crippen LogP contribution in [0.5, 0.6) is 0 Å². The van der Waals surface area contributed by atoms with Crippen LogP contribution in [0.15, 0.2) is 65.7 Å². The van der Waals surface area contributed by atoms with Crippen molar-refractivity contribution in [2.75, 3.05) is 6.54 Å². The van der Waals surface area contributed by atoms with Crippen LogP contribution in [0.3, 0.4) is 0 Å². The lowest BCUT2D eigenvalue weighted by molar-refractivity contribution is 0.973. The van der Waals surface area contributed by atoms with Gasteiger partial charge in [0.15, 0.2) is 0 Å². The van der Waals surface area contributed by atoms with Gasteiger partial charge < -0.3 is 0 Å². The Kier molecular flexibility index (Phi) is 3.89. The van der Waals surface area contributed by atoms with Crippen molar-refractivity contribution >= 4 is 6.21 Å². The molecule has 0 atom stereocenters. The third-order valence-corrected chi connectivity index (χ3v) is 2.41. The molecule has 0 amide bonds. The molecule has 80 valence electrons. The summed E-state index contributed by atoms with van der Waals surface area (Å²) in [6.45, 7) is 0.846. The monoisotopic (exact) mass is 209 g/mol. The Labute approximate surface area is 96.5 Å². The molecule has 1 nitrogen and oxygen atoms in total. The van der Waals surface area contributed by atoms with E-state index in [2.05, 4.69) is 41.4 Å². The first-order valence-corrected chi connectivity index (χ1v) is 5.54. The third-order valence-electron chi connectivity index (χ3n) is 2.41. The van der Waals surface area contributed by atoms with Gasteiger partial charge in [-0.1, -0.05) is 60.7 Å². The van der Waals surface area contributed by atoms with Crippen molar-refractivity contribution in [1.82, 2.24) is 0 Å². The van der Waals surface area contributed by atoms with Gasteiger partial charge in [0.1, 0.15) is 0 Å². The van der Waals surface area contributed by atoms with Crippen LogP contribution in [0.25, 0.3) is 0 Å². The summed E-state index contributed by atoms with van der Waals surface area (Å²) in [5.74, 6) is 0. The van der Waals surface area contributed by atoms with Crippen molar-refractivity contribution in [3.05, 3.63) is 71.8 Å². The van der Waals surface area contributed by atoms with Crippen LogP contribution in [0.4, 0.5) is 0 Å². The summed E-state index contributed by atoms with van der Waals surface area (Å²) < 4.78 is 0. The van der Waals surface area contributed by atoms with E-state index in [1.165, 1.54) is 5.56 Å². The first-order chi connectivity index (χ1) is 7.95. The van der Waals surface area contributed by atoms with E-state index in [-0.39, 0.29) is 0 Å². The highest BCUT2D eigenvalue weighted by Crippen LogP contribution is 2.00. The van der Waals surface area contributed by atoms with Gasteiger partial charge in [-0.3, -0.25) is 4.99 Å². The summed E-state index contributed by atoms with van der Waals surface area (Å²) in [5, 5.41) is 0. The molecule has 0 saturated heterocycles. The Morgan fingerprint density at radius 2 is 1.44 bits per heavy atom. The quantitative estimate of drug-likeness (QED) is 0.685. The van der Waals surface area contributed by atoms with Crippen LogP contribution in [-0.4, -0.2) is 12.8 Å². The largest absolute Gasteiger partial charge is 0.292 e. The standard InChI is InChI=1S/C15H15N/c1-3-7-14(8-4-1)11-12-16-13-15-9-5-2-6-10-15/h1-10,13H,11-12H2/b16-13+. The first kappa shape index (κ1) is 10.6. The number of aliphatic imine (C=N–C) groups is 1. The predicted molar refractivity (Wildman–Crippen MR) is 69.0 cm³/mol. The molecule has 0 spiro atoms. The third kappa shape index (κ3) is 3.35. The Balaban J connectivity index is 1.83. The minimum atomic E-state index is 0.846. The molecule has 0 aliphatic rings. The highest BCUT2D eigenvalue weighted by Gasteiger charge is 1.89. The van der Waals surface area contributed by atoms with E-state index in [9.17, 15) is 0 Å². The molecule has 16 heavy (non-hydrogen) atoms. The first-order valence-electron chi connectivity index (χ1n) is 5.54. The lowest BCUT2D eigenvalue weighted by Gasteiger charge is -1.96. The van der Waals surface area contributed by atoms with Crippen LogP contribution in [-0.2, 0) is 6.42 Å². The fourth-order valence-corrected chi connectivity index (χ4v) is 1.55. The summed E-state index contributed by atoms with van der Waals surface area (Å²) in [6.07, 6.45) is 2.94. The smallest absolute Gasteiger partial charge is 0.0429 e. The fraction of sp³-hybridized carbons (Fsp3) is 0.133. The summed E-state index contributed by atoms with van der Waals surface area (Å²) in [7, 11) is 0. The number of benzene rings is 2. The number of nitrogens with zero attached hydrogens (tertiary/aromatic N) is 1. The molecule has 1 heteroatoms. The minimum Gasteiger partial charge on any atom is -0.292 e. The van der Waals surface area contributed by atoms with Crippen LogP contribution in [0, 0.1) is 0 Å². The van der Waals surface area contributed by atoms with Gasteiger partial charge in [-0.2, -0.15) is 0 Å². The average molecular weight is 209 g/mol. The molecule has 0 unspecified atom stereocenters. The lowest BCUT2D eigenvalue weighted by atomic mass is 10.1. The van der Waals surface area contributed by atoms with Gasteiger partial charge in [0, 0.05) is 12.8 Å². The predicted octanol–water partition coefficient (Wildman–Crippen LogP) is 3.35. The molecule has 0 fully saturated rings. The van der Waals surface area contributed by atoms with E-state index in [1.807, 2.05) is 30.5 Å². The van der Waals surface area contributed by atoms with Crippen molar-refractivity contribution in [2.45, 2.75) is 6.42 Å². The molecule has 2 aromatic rings. The topological polar surface area (TPSA) is 12.4 Å². The van der Waals surface area contributed by atoms with Crippen molar-refractivity contribution in [2.24, 2.45) is 4.99 Å². The second-order valence-electron chi connectivity index (χ2n) is 3.68. The summed E-state index contributed by atoms with van der Waals surface area (Å²) in [5.41, 5.74) is 2.50. The Bertz CT molecular complexity index is 432. The highest BCUT2D eigenvalue weighted by atomic mass is 14.7. The maximum atomic E-state index is 4.41. The Morgan fingerprint density at radius 3 is 2.12 bits per heavy atom.